The molecular formula is C13H15NO2S. The molecule has 0 bridgehead atoms. The van der Waals surface area contributed by atoms with Gasteiger partial charge in [-0.2, -0.15) is 12.6 Å². The number of imide groups is 1. The largest absolute Gasteiger partial charge is 0.274 e. The first-order valence-electron chi connectivity index (χ1n) is 5.82. The second kappa shape index (κ2) is 5.36. The van der Waals surface area contributed by atoms with Gasteiger partial charge in [-0.1, -0.05) is 18.6 Å². The van der Waals surface area contributed by atoms with E-state index in [1.807, 2.05) is 0 Å². The molecular weight excluding hydrogens is 234 g/mol. The second-order valence-corrected chi connectivity index (χ2v) is 4.54. The van der Waals surface area contributed by atoms with Gasteiger partial charge >= 0.3 is 0 Å². The van der Waals surface area contributed by atoms with Crippen molar-refractivity contribution >= 4 is 24.4 Å². The van der Waals surface area contributed by atoms with E-state index in [1.54, 1.807) is 24.3 Å². The van der Waals surface area contributed by atoms with Crippen LogP contribution in [0.2, 0.25) is 0 Å². The molecule has 17 heavy (non-hydrogen) atoms. The highest BCUT2D eigenvalue weighted by Gasteiger charge is 2.34. The van der Waals surface area contributed by atoms with Crippen LogP contribution in [-0.4, -0.2) is 29.0 Å². The van der Waals surface area contributed by atoms with E-state index in [9.17, 15) is 9.59 Å². The molecule has 2 amide bonds. The molecule has 0 N–H and O–H groups in total. The molecule has 1 heterocycles. The number of carbonyl (C=O) groups is 2. The number of nitrogens with zero attached hydrogens (tertiary/aromatic N) is 1. The lowest BCUT2D eigenvalue weighted by atomic mass is 10.1. The Kier molecular flexibility index (Phi) is 3.84. The molecule has 0 saturated heterocycles. The summed E-state index contributed by atoms with van der Waals surface area (Å²) in [7, 11) is 0. The number of carbonyl (C=O) groups excluding carboxylic acids is 2. The van der Waals surface area contributed by atoms with Gasteiger partial charge in [0, 0.05) is 6.54 Å². The predicted octanol–water partition coefficient (Wildman–Crippen LogP) is 2.38. The molecule has 0 unspecified atom stereocenters. The summed E-state index contributed by atoms with van der Waals surface area (Å²) in [6.07, 6.45) is 2.87. The first-order valence-corrected chi connectivity index (χ1v) is 6.45. The molecule has 0 fully saturated rings. The van der Waals surface area contributed by atoms with E-state index in [0.29, 0.717) is 17.7 Å². The number of hydrogen-bond acceptors (Lipinski definition) is 3. The second-order valence-electron chi connectivity index (χ2n) is 4.09. The molecule has 0 radical (unpaired) electrons. The van der Waals surface area contributed by atoms with E-state index < -0.39 is 0 Å². The normalized spacial score (nSPS) is 14.3. The molecule has 0 aromatic heterocycles. The van der Waals surface area contributed by atoms with Crippen molar-refractivity contribution < 1.29 is 9.59 Å². The van der Waals surface area contributed by atoms with Crippen LogP contribution in [0.3, 0.4) is 0 Å². The summed E-state index contributed by atoms with van der Waals surface area (Å²) in [6.45, 7) is 0.514. The predicted molar refractivity (Wildman–Crippen MR) is 69.5 cm³/mol. The number of hydrogen-bond donors (Lipinski definition) is 1. The van der Waals surface area contributed by atoms with Crippen molar-refractivity contribution in [2.45, 2.75) is 19.3 Å². The van der Waals surface area contributed by atoms with Crippen LogP contribution in [0.4, 0.5) is 0 Å². The Hall–Kier alpha value is -1.29. The molecule has 90 valence electrons. The van der Waals surface area contributed by atoms with Crippen LogP contribution in [0.1, 0.15) is 40.0 Å². The van der Waals surface area contributed by atoms with Gasteiger partial charge < -0.3 is 0 Å². The van der Waals surface area contributed by atoms with Crippen LogP contribution >= 0.6 is 12.6 Å². The van der Waals surface area contributed by atoms with Crippen molar-refractivity contribution in [3.05, 3.63) is 35.4 Å². The summed E-state index contributed by atoms with van der Waals surface area (Å²) < 4.78 is 0. The van der Waals surface area contributed by atoms with Crippen LogP contribution in [-0.2, 0) is 0 Å². The molecule has 1 aromatic carbocycles. The van der Waals surface area contributed by atoms with Gasteiger partial charge in [0.15, 0.2) is 0 Å². The van der Waals surface area contributed by atoms with E-state index in [4.69, 9.17) is 0 Å². The molecule has 3 nitrogen and oxygen atoms in total. The topological polar surface area (TPSA) is 37.4 Å². The van der Waals surface area contributed by atoms with Gasteiger partial charge in [0.2, 0.25) is 0 Å². The number of amides is 2. The molecule has 1 aromatic rings. The van der Waals surface area contributed by atoms with E-state index in [-0.39, 0.29) is 11.8 Å². The van der Waals surface area contributed by atoms with Crippen LogP contribution in [0.25, 0.3) is 0 Å². The lowest BCUT2D eigenvalue weighted by Gasteiger charge is -2.12. The highest BCUT2D eigenvalue weighted by molar-refractivity contribution is 7.80. The summed E-state index contributed by atoms with van der Waals surface area (Å²) in [4.78, 5) is 25.3. The van der Waals surface area contributed by atoms with Crippen LogP contribution in [0.5, 0.6) is 0 Å². The summed E-state index contributed by atoms with van der Waals surface area (Å²) in [5.74, 6) is 0.537. The van der Waals surface area contributed by atoms with Crippen molar-refractivity contribution in [3.8, 4) is 0 Å². The minimum atomic E-state index is -0.156. The number of rotatable bonds is 5. The smallest absolute Gasteiger partial charge is 0.261 e. The minimum absolute atomic E-state index is 0.156. The average molecular weight is 249 g/mol. The zero-order valence-corrected chi connectivity index (χ0v) is 10.5. The molecule has 2 rings (SSSR count). The van der Waals surface area contributed by atoms with Crippen LogP contribution in [0.15, 0.2) is 24.3 Å². The van der Waals surface area contributed by atoms with Crippen molar-refractivity contribution in [3.63, 3.8) is 0 Å². The minimum Gasteiger partial charge on any atom is -0.274 e. The molecule has 0 spiro atoms. The summed E-state index contributed by atoms with van der Waals surface area (Å²) in [5.41, 5.74) is 1.07. The first kappa shape index (κ1) is 12.2. The number of benzene rings is 1. The zero-order chi connectivity index (χ0) is 12.3. The van der Waals surface area contributed by atoms with Gasteiger partial charge in [-0.05, 0) is 30.7 Å². The lowest BCUT2D eigenvalue weighted by molar-refractivity contribution is 0.0651. The van der Waals surface area contributed by atoms with Crippen LogP contribution in [0, 0.1) is 0 Å². The summed E-state index contributed by atoms with van der Waals surface area (Å²) in [5, 5.41) is 0. The fourth-order valence-electron chi connectivity index (χ4n) is 2.00. The average Bonchev–Trinajstić information content (AvgIpc) is 2.60. The molecule has 0 aliphatic carbocycles. The SMILES string of the molecule is O=C1c2ccccc2C(=O)N1CCCCCS. The van der Waals surface area contributed by atoms with Gasteiger partial charge in [0.05, 0.1) is 11.1 Å². The monoisotopic (exact) mass is 249 g/mol. The Bertz CT molecular complexity index is 410. The maximum Gasteiger partial charge on any atom is 0.261 e. The molecule has 0 saturated carbocycles. The van der Waals surface area contributed by atoms with Gasteiger partial charge in [-0.3, -0.25) is 14.5 Å². The Labute approximate surface area is 106 Å². The highest BCUT2D eigenvalue weighted by atomic mass is 32.1. The third kappa shape index (κ3) is 2.36. The number of unbranched alkanes of at least 4 members (excludes halogenated alkanes) is 2. The molecule has 1 aliphatic heterocycles. The molecule has 4 heteroatoms. The fourth-order valence-corrected chi connectivity index (χ4v) is 2.22. The Morgan fingerprint density at radius 1 is 0.941 bits per heavy atom. The van der Waals surface area contributed by atoms with Gasteiger partial charge in [0.1, 0.15) is 0 Å². The van der Waals surface area contributed by atoms with Crippen LogP contribution < -0.4 is 0 Å². The third-order valence-corrected chi connectivity index (χ3v) is 3.23. The lowest BCUT2D eigenvalue weighted by Crippen LogP contribution is -2.30. The maximum absolute atomic E-state index is 12.0. The van der Waals surface area contributed by atoms with Crippen molar-refractivity contribution in [2.24, 2.45) is 0 Å². The summed E-state index contributed by atoms with van der Waals surface area (Å²) >= 11 is 4.13. The highest BCUT2D eigenvalue weighted by Crippen LogP contribution is 2.22. The quantitative estimate of drug-likeness (QED) is 0.494. The summed E-state index contributed by atoms with van der Waals surface area (Å²) in [6, 6.07) is 7.00. The molecule has 1 aliphatic rings. The van der Waals surface area contributed by atoms with E-state index in [2.05, 4.69) is 12.6 Å². The van der Waals surface area contributed by atoms with Gasteiger partial charge in [-0.15, -0.1) is 0 Å². The zero-order valence-electron chi connectivity index (χ0n) is 9.56. The number of thiol groups is 1. The van der Waals surface area contributed by atoms with Crippen molar-refractivity contribution in [2.75, 3.05) is 12.3 Å². The Balaban J connectivity index is 2.03. The van der Waals surface area contributed by atoms with Gasteiger partial charge in [-0.25, -0.2) is 0 Å². The Morgan fingerprint density at radius 3 is 2.06 bits per heavy atom. The fraction of sp³-hybridized carbons (Fsp3) is 0.385. The van der Waals surface area contributed by atoms with Gasteiger partial charge in [0.25, 0.3) is 11.8 Å². The standard InChI is InChI=1S/C13H15NO2S/c15-12-10-6-2-3-7-11(10)13(16)14(12)8-4-1-5-9-17/h2-3,6-7,17H,1,4-5,8-9H2. The van der Waals surface area contributed by atoms with E-state index in [0.717, 1.165) is 25.0 Å². The van der Waals surface area contributed by atoms with E-state index >= 15 is 0 Å². The number of fused-ring (bicyclic) bond motifs is 1. The van der Waals surface area contributed by atoms with E-state index in [1.165, 1.54) is 4.90 Å². The molecule has 0 atom stereocenters. The van der Waals surface area contributed by atoms with Crippen molar-refractivity contribution in [1.82, 2.24) is 4.90 Å². The first-order chi connectivity index (χ1) is 8.25. The van der Waals surface area contributed by atoms with Crippen molar-refractivity contribution in [1.29, 1.82) is 0 Å². The maximum atomic E-state index is 12.0. The third-order valence-electron chi connectivity index (χ3n) is 2.92. The Morgan fingerprint density at radius 2 is 1.53 bits per heavy atom.